The van der Waals surface area contributed by atoms with Crippen LogP contribution in [0.15, 0.2) is 12.1 Å². The highest BCUT2D eigenvalue weighted by Crippen LogP contribution is 2.37. The molecule has 0 heterocycles. The lowest BCUT2D eigenvalue weighted by Gasteiger charge is -2.17. The summed E-state index contributed by atoms with van der Waals surface area (Å²) in [4.78, 5) is 0. The summed E-state index contributed by atoms with van der Waals surface area (Å²) in [5.41, 5.74) is 0.439. The van der Waals surface area contributed by atoms with Crippen LogP contribution in [0.2, 0.25) is 5.02 Å². The lowest BCUT2D eigenvalue weighted by Crippen LogP contribution is -2.38. The van der Waals surface area contributed by atoms with Crippen molar-refractivity contribution in [3.63, 3.8) is 0 Å². The minimum atomic E-state index is -4.08. The first kappa shape index (κ1) is 16.8. The van der Waals surface area contributed by atoms with E-state index in [1.807, 2.05) is 0 Å². The second kappa shape index (κ2) is 6.99. The van der Waals surface area contributed by atoms with Crippen LogP contribution >= 0.6 is 11.6 Å². The van der Waals surface area contributed by atoms with Gasteiger partial charge in [-0.2, -0.15) is 8.78 Å². The highest BCUT2D eigenvalue weighted by atomic mass is 35.5. The lowest BCUT2D eigenvalue weighted by atomic mass is 10.2. The molecule has 3 nitrogen and oxygen atoms in total. The van der Waals surface area contributed by atoms with E-state index in [9.17, 15) is 17.6 Å². The van der Waals surface area contributed by atoms with Crippen molar-refractivity contribution in [2.24, 2.45) is 0 Å². The first-order chi connectivity index (χ1) is 9.33. The number of rotatable bonds is 7. The fraction of sp³-hybridized carbons (Fsp3) is 0.500. The molecule has 0 aliphatic rings. The van der Waals surface area contributed by atoms with Crippen LogP contribution in [-0.4, -0.2) is 33.1 Å². The Morgan fingerprint density at radius 2 is 1.90 bits per heavy atom. The molecule has 1 aromatic carbocycles. The standard InChI is InChI=1S/C12H14ClF4NO2/c1-19-8-4-3-7(9(13)10(8)20-2)5-18-6-12(16,17)11(14)15/h3-4,11,18H,5-6H2,1-2H3. The third-order valence-electron chi connectivity index (χ3n) is 2.56. The minimum absolute atomic E-state index is 0.0957. The van der Waals surface area contributed by atoms with Crippen molar-refractivity contribution in [1.82, 2.24) is 5.32 Å². The van der Waals surface area contributed by atoms with Crippen LogP contribution in [0.5, 0.6) is 11.5 Å². The zero-order valence-electron chi connectivity index (χ0n) is 10.9. The Morgan fingerprint density at radius 1 is 1.25 bits per heavy atom. The van der Waals surface area contributed by atoms with Gasteiger partial charge in [-0.25, -0.2) is 8.78 Å². The van der Waals surface area contributed by atoms with Crippen LogP contribution in [0.3, 0.4) is 0 Å². The van der Waals surface area contributed by atoms with E-state index in [-0.39, 0.29) is 17.3 Å². The third-order valence-corrected chi connectivity index (χ3v) is 2.97. The van der Waals surface area contributed by atoms with Gasteiger partial charge in [-0.1, -0.05) is 17.7 Å². The van der Waals surface area contributed by atoms with Gasteiger partial charge in [0.25, 0.3) is 0 Å². The average molecular weight is 316 g/mol. The molecular formula is C12H14ClF4NO2. The maximum atomic E-state index is 12.7. The van der Waals surface area contributed by atoms with Crippen molar-refractivity contribution in [2.45, 2.75) is 18.9 Å². The molecule has 8 heteroatoms. The smallest absolute Gasteiger partial charge is 0.319 e. The Balaban J connectivity index is 2.75. The van der Waals surface area contributed by atoms with Gasteiger partial charge in [0, 0.05) is 6.54 Å². The fourth-order valence-corrected chi connectivity index (χ4v) is 1.81. The molecule has 1 aromatic rings. The Kier molecular flexibility index (Phi) is 5.88. The summed E-state index contributed by atoms with van der Waals surface area (Å²) in [7, 11) is 2.81. The van der Waals surface area contributed by atoms with Gasteiger partial charge in [0.15, 0.2) is 11.5 Å². The molecule has 0 bridgehead atoms. The van der Waals surface area contributed by atoms with Crippen LogP contribution in [0.4, 0.5) is 17.6 Å². The van der Waals surface area contributed by atoms with Gasteiger partial charge >= 0.3 is 12.3 Å². The molecule has 20 heavy (non-hydrogen) atoms. The van der Waals surface area contributed by atoms with E-state index >= 15 is 0 Å². The second-order valence-corrected chi connectivity index (χ2v) is 4.32. The Hall–Kier alpha value is -1.21. The predicted molar refractivity (Wildman–Crippen MR) is 67.2 cm³/mol. The highest BCUT2D eigenvalue weighted by Gasteiger charge is 2.40. The molecule has 0 saturated heterocycles. The minimum Gasteiger partial charge on any atom is -0.493 e. The molecule has 0 unspecified atom stereocenters. The summed E-state index contributed by atoms with van der Waals surface area (Å²) >= 11 is 6.02. The Bertz CT molecular complexity index is 457. The van der Waals surface area contributed by atoms with Crippen LogP contribution in [-0.2, 0) is 6.54 Å². The fourth-order valence-electron chi connectivity index (χ4n) is 1.51. The molecular weight excluding hydrogens is 302 g/mol. The molecule has 0 spiro atoms. The molecule has 0 amide bonds. The monoisotopic (exact) mass is 315 g/mol. The molecule has 1 N–H and O–H groups in total. The summed E-state index contributed by atoms with van der Waals surface area (Å²) < 4.78 is 59.5. The number of ether oxygens (including phenoxy) is 2. The Labute approximate surface area is 118 Å². The first-order valence-electron chi connectivity index (χ1n) is 5.59. The highest BCUT2D eigenvalue weighted by molar-refractivity contribution is 6.33. The lowest BCUT2D eigenvalue weighted by molar-refractivity contribution is -0.125. The van der Waals surface area contributed by atoms with Crippen LogP contribution < -0.4 is 14.8 Å². The van der Waals surface area contributed by atoms with Crippen LogP contribution in [0, 0.1) is 0 Å². The number of alkyl halides is 4. The van der Waals surface area contributed by atoms with Gasteiger partial charge in [-0.15, -0.1) is 0 Å². The number of hydrogen-bond acceptors (Lipinski definition) is 3. The quantitative estimate of drug-likeness (QED) is 0.783. The van der Waals surface area contributed by atoms with Crippen LogP contribution in [0.1, 0.15) is 5.56 Å². The van der Waals surface area contributed by atoms with E-state index in [2.05, 4.69) is 5.32 Å². The van der Waals surface area contributed by atoms with Gasteiger partial charge in [0.05, 0.1) is 25.8 Å². The molecule has 0 fully saturated rings. The van der Waals surface area contributed by atoms with E-state index in [0.29, 0.717) is 11.3 Å². The van der Waals surface area contributed by atoms with Gasteiger partial charge in [-0.05, 0) is 11.6 Å². The van der Waals surface area contributed by atoms with Crippen molar-refractivity contribution >= 4 is 11.6 Å². The number of halogens is 5. The van der Waals surface area contributed by atoms with Crippen molar-refractivity contribution in [1.29, 1.82) is 0 Å². The maximum Gasteiger partial charge on any atom is 0.319 e. The van der Waals surface area contributed by atoms with Crippen molar-refractivity contribution in [3.05, 3.63) is 22.7 Å². The summed E-state index contributed by atoms with van der Waals surface area (Å²) in [5, 5.41) is 2.42. The SMILES string of the molecule is COc1ccc(CNCC(F)(F)C(F)F)c(Cl)c1OC. The maximum absolute atomic E-state index is 12.7. The summed E-state index contributed by atoms with van der Waals surface area (Å²) in [6.07, 6.45) is -3.71. The topological polar surface area (TPSA) is 30.5 Å². The molecule has 114 valence electrons. The van der Waals surface area contributed by atoms with E-state index in [0.717, 1.165) is 0 Å². The van der Waals surface area contributed by atoms with Crippen molar-refractivity contribution in [3.8, 4) is 11.5 Å². The average Bonchev–Trinajstić information content (AvgIpc) is 2.39. The number of nitrogens with one attached hydrogen (secondary N) is 1. The molecule has 0 aliphatic heterocycles. The Morgan fingerprint density at radius 3 is 2.40 bits per heavy atom. The molecule has 0 radical (unpaired) electrons. The zero-order valence-corrected chi connectivity index (χ0v) is 11.6. The van der Waals surface area contributed by atoms with E-state index in [4.69, 9.17) is 21.1 Å². The molecule has 0 aliphatic carbocycles. The number of hydrogen-bond donors (Lipinski definition) is 1. The number of methoxy groups -OCH3 is 2. The van der Waals surface area contributed by atoms with Crippen LogP contribution in [0.25, 0.3) is 0 Å². The van der Waals surface area contributed by atoms with E-state index in [1.165, 1.54) is 20.3 Å². The van der Waals surface area contributed by atoms with Gasteiger partial charge in [-0.3, -0.25) is 0 Å². The third kappa shape index (κ3) is 3.89. The van der Waals surface area contributed by atoms with Gasteiger partial charge < -0.3 is 14.8 Å². The van der Waals surface area contributed by atoms with Gasteiger partial charge in [0.1, 0.15) is 0 Å². The van der Waals surface area contributed by atoms with Gasteiger partial charge in [0.2, 0.25) is 0 Å². The largest absolute Gasteiger partial charge is 0.493 e. The van der Waals surface area contributed by atoms with E-state index in [1.54, 1.807) is 6.07 Å². The molecule has 0 atom stereocenters. The van der Waals surface area contributed by atoms with Crippen molar-refractivity contribution < 1.29 is 27.0 Å². The summed E-state index contributed by atoms with van der Waals surface area (Å²) in [6.45, 7) is -1.24. The van der Waals surface area contributed by atoms with E-state index < -0.39 is 18.9 Å². The normalized spacial score (nSPS) is 11.8. The second-order valence-electron chi connectivity index (χ2n) is 3.94. The predicted octanol–water partition coefficient (Wildman–Crippen LogP) is 3.35. The summed E-state index contributed by atoms with van der Waals surface area (Å²) in [6, 6.07) is 3.09. The first-order valence-corrected chi connectivity index (χ1v) is 5.97. The molecule has 1 rings (SSSR count). The van der Waals surface area contributed by atoms with Crippen molar-refractivity contribution in [2.75, 3.05) is 20.8 Å². The summed E-state index contributed by atoms with van der Waals surface area (Å²) in [5.74, 6) is -3.43. The number of benzene rings is 1. The molecule has 0 saturated carbocycles. The zero-order chi connectivity index (χ0) is 15.3. The molecule has 0 aromatic heterocycles.